The van der Waals surface area contributed by atoms with Crippen LogP contribution in [0.1, 0.15) is 116 Å². The van der Waals surface area contributed by atoms with Crippen LogP contribution < -0.4 is 10.6 Å². The van der Waals surface area contributed by atoms with Crippen LogP contribution in [0.5, 0.6) is 0 Å². The van der Waals surface area contributed by atoms with Crippen LogP contribution in [-0.2, 0) is 14.3 Å². The third-order valence-corrected chi connectivity index (χ3v) is 6.64. The van der Waals surface area contributed by atoms with E-state index in [1.165, 1.54) is 0 Å². The van der Waals surface area contributed by atoms with E-state index in [-0.39, 0.29) is 17.7 Å². The van der Waals surface area contributed by atoms with Gasteiger partial charge in [-0.25, -0.2) is 4.79 Å². The van der Waals surface area contributed by atoms with E-state index < -0.39 is 23.8 Å². The van der Waals surface area contributed by atoms with Crippen molar-refractivity contribution in [3.8, 4) is 0 Å². The Labute approximate surface area is 231 Å². The molecule has 0 heterocycles. The number of benzene rings is 1. The Bertz CT molecular complexity index is 873. The van der Waals surface area contributed by atoms with Gasteiger partial charge >= 0.3 is 6.09 Å². The standard InChI is InChI=1S/C31H53N3O4/c1-10-13-15-17-32-28(35)27(25-20-22(4)19-23(5)21-25)34(18-16-14-11-2)29(36)26(24(6)12-3)33-30(37)38-31(7,8)9/h19-21,24,26-27H,10-18H2,1-9H3,(H,32,35)(H,33,37). The molecule has 0 aromatic heterocycles. The van der Waals surface area contributed by atoms with Gasteiger partial charge in [0.05, 0.1) is 0 Å². The van der Waals surface area contributed by atoms with Crippen molar-refractivity contribution in [2.24, 2.45) is 5.92 Å². The Morgan fingerprint density at radius 3 is 2.03 bits per heavy atom. The number of rotatable bonds is 15. The molecule has 38 heavy (non-hydrogen) atoms. The number of unbranched alkanes of at least 4 members (excludes halogenated alkanes) is 4. The molecule has 0 spiro atoms. The normalized spacial score (nSPS) is 13.8. The first kappa shape index (κ1) is 33.5. The van der Waals surface area contributed by atoms with Crippen LogP contribution in [0, 0.1) is 19.8 Å². The second-order valence-electron chi connectivity index (χ2n) is 11.6. The summed E-state index contributed by atoms with van der Waals surface area (Å²) in [5, 5.41) is 5.93. The first-order valence-corrected chi connectivity index (χ1v) is 14.5. The zero-order valence-electron chi connectivity index (χ0n) is 25.4. The quantitative estimate of drug-likeness (QED) is 0.249. The van der Waals surface area contributed by atoms with Crippen LogP contribution in [0.2, 0.25) is 0 Å². The maximum atomic E-state index is 14.3. The molecular weight excluding hydrogens is 478 g/mol. The van der Waals surface area contributed by atoms with Crippen molar-refractivity contribution in [3.05, 3.63) is 34.9 Å². The Balaban J connectivity index is 3.52. The van der Waals surface area contributed by atoms with Crippen molar-refractivity contribution >= 4 is 17.9 Å². The van der Waals surface area contributed by atoms with Crippen LogP contribution in [-0.4, -0.2) is 47.5 Å². The van der Waals surface area contributed by atoms with Gasteiger partial charge < -0.3 is 20.3 Å². The van der Waals surface area contributed by atoms with Gasteiger partial charge in [-0.3, -0.25) is 9.59 Å². The molecule has 7 heteroatoms. The van der Waals surface area contributed by atoms with Crippen LogP contribution in [0.3, 0.4) is 0 Å². The van der Waals surface area contributed by atoms with Gasteiger partial charge in [-0.2, -0.15) is 0 Å². The number of hydrogen-bond acceptors (Lipinski definition) is 4. The Morgan fingerprint density at radius 1 is 0.921 bits per heavy atom. The number of nitrogens with zero attached hydrogens (tertiary/aromatic N) is 1. The number of carbonyl (C=O) groups excluding carboxylic acids is 3. The van der Waals surface area contributed by atoms with Gasteiger partial charge in [-0.15, -0.1) is 0 Å². The summed E-state index contributed by atoms with van der Waals surface area (Å²) in [6, 6.07) is 4.45. The molecule has 0 bridgehead atoms. The van der Waals surface area contributed by atoms with E-state index in [1.54, 1.807) is 25.7 Å². The highest BCUT2D eigenvalue weighted by atomic mass is 16.6. The summed E-state index contributed by atoms with van der Waals surface area (Å²) in [7, 11) is 0. The minimum Gasteiger partial charge on any atom is -0.444 e. The highest BCUT2D eigenvalue weighted by Gasteiger charge is 2.38. The van der Waals surface area contributed by atoms with E-state index in [2.05, 4.69) is 30.5 Å². The molecule has 1 aromatic carbocycles. The van der Waals surface area contributed by atoms with Crippen molar-refractivity contribution in [2.45, 2.75) is 125 Å². The second-order valence-corrected chi connectivity index (χ2v) is 11.6. The molecular formula is C31H53N3O4. The predicted molar refractivity (Wildman–Crippen MR) is 155 cm³/mol. The first-order valence-electron chi connectivity index (χ1n) is 14.5. The molecule has 0 saturated carbocycles. The Kier molecular flexibility index (Phi) is 14.4. The second kappa shape index (κ2) is 16.4. The molecule has 0 aliphatic rings. The summed E-state index contributed by atoms with van der Waals surface area (Å²) in [4.78, 5) is 42.5. The fourth-order valence-corrected chi connectivity index (χ4v) is 4.52. The summed E-state index contributed by atoms with van der Waals surface area (Å²) in [6.45, 7) is 18.6. The van der Waals surface area contributed by atoms with Gasteiger partial charge in [0.1, 0.15) is 17.7 Å². The van der Waals surface area contributed by atoms with Gasteiger partial charge in [0, 0.05) is 13.1 Å². The Hall–Kier alpha value is -2.57. The van der Waals surface area contributed by atoms with E-state index >= 15 is 0 Å². The zero-order chi connectivity index (χ0) is 28.9. The number of aryl methyl sites for hydroxylation is 2. The van der Waals surface area contributed by atoms with Gasteiger partial charge in [0.15, 0.2) is 0 Å². The van der Waals surface area contributed by atoms with E-state index in [9.17, 15) is 14.4 Å². The molecule has 3 unspecified atom stereocenters. The van der Waals surface area contributed by atoms with Crippen molar-refractivity contribution in [1.29, 1.82) is 0 Å². The highest BCUT2D eigenvalue weighted by Crippen LogP contribution is 2.27. The first-order chi connectivity index (χ1) is 17.8. The van der Waals surface area contributed by atoms with E-state index in [0.717, 1.165) is 55.2 Å². The lowest BCUT2D eigenvalue weighted by Crippen LogP contribution is -2.55. The summed E-state index contributed by atoms with van der Waals surface area (Å²) in [5.74, 6) is -0.582. The van der Waals surface area contributed by atoms with Gasteiger partial charge in [0.2, 0.25) is 11.8 Å². The summed E-state index contributed by atoms with van der Waals surface area (Å²) in [6.07, 6.45) is 5.74. The number of nitrogens with one attached hydrogen (secondary N) is 2. The van der Waals surface area contributed by atoms with Crippen LogP contribution in [0.15, 0.2) is 18.2 Å². The number of hydrogen-bond donors (Lipinski definition) is 2. The van der Waals surface area contributed by atoms with Gasteiger partial charge in [0.25, 0.3) is 0 Å². The average Bonchev–Trinajstić information content (AvgIpc) is 2.82. The summed E-state index contributed by atoms with van der Waals surface area (Å²) >= 11 is 0. The van der Waals surface area contributed by atoms with Crippen LogP contribution in [0.25, 0.3) is 0 Å². The monoisotopic (exact) mass is 531 g/mol. The molecule has 2 N–H and O–H groups in total. The number of alkyl carbamates (subject to hydrolysis) is 1. The van der Waals surface area contributed by atoms with Crippen LogP contribution >= 0.6 is 0 Å². The van der Waals surface area contributed by atoms with Crippen LogP contribution in [0.4, 0.5) is 4.79 Å². The van der Waals surface area contributed by atoms with Crippen molar-refractivity contribution in [2.75, 3.05) is 13.1 Å². The predicted octanol–water partition coefficient (Wildman–Crippen LogP) is 6.61. The van der Waals surface area contributed by atoms with Crippen molar-refractivity contribution in [3.63, 3.8) is 0 Å². The molecule has 0 radical (unpaired) electrons. The number of amides is 3. The molecule has 0 aliphatic heterocycles. The third kappa shape index (κ3) is 11.4. The molecule has 3 amide bonds. The maximum Gasteiger partial charge on any atom is 0.408 e. The number of ether oxygens (including phenoxy) is 1. The minimum atomic E-state index is -0.808. The molecule has 216 valence electrons. The maximum absolute atomic E-state index is 14.3. The topological polar surface area (TPSA) is 87.7 Å². The minimum absolute atomic E-state index is 0.142. The van der Waals surface area contributed by atoms with E-state index in [0.29, 0.717) is 19.5 Å². The fraction of sp³-hybridized carbons (Fsp3) is 0.710. The third-order valence-electron chi connectivity index (χ3n) is 6.64. The van der Waals surface area contributed by atoms with E-state index in [4.69, 9.17) is 4.74 Å². The van der Waals surface area contributed by atoms with E-state index in [1.807, 2.05) is 39.8 Å². The zero-order valence-corrected chi connectivity index (χ0v) is 25.4. The molecule has 0 fully saturated rings. The number of carbonyl (C=O) groups is 3. The lowest BCUT2D eigenvalue weighted by atomic mass is 9.94. The molecule has 1 aromatic rings. The summed E-state index contributed by atoms with van der Waals surface area (Å²) in [5.41, 5.74) is 2.18. The largest absolute Gasteiger partial charge is 0.444 e. The highest BCUT2D eigenvalue weighted by molar-refractivity contribution is 5.92. The van der Waals surface area contributed by atoms with Crippen molar-refractivity contribution < 1.29 is 19.1 Å². The lowest BCUT2D eigenvalue weighted by molar-refractivity contribution is -0.143. The molecule has 1 rings (SSSR count). The smallest absolute Gasteiger partial charge is 0.408 e. The Morgan fingerprint density at radius 2 is 1.50 bits per heavy atom. The van der Waals surface area contributed by atoms with Gasteiger partial charge in [-0.05, 0) is 58.9 Å². The molecule has 0 aliphatic carbocycles. The van der Waals surface area contributed by atoms with Crippen molar-refractivity contribution in [1.82, 2.24) is 15.5 Å². The fourth-order valence-electron chi connectivity index (χ4n) is 4.52. The molecule has 0 saturated heterocycles. The SMILES string of the molecule is CCCCCNC(=O)C(c1cc(C)cc(C)c1)N(CCCCC)C(=O)C(NC(=O)OC(C)(C)C)C(C)CC. The average molecular weight is 532 g/mol. The lowest BCUT2D eigenvalue weighted by Gasteiger charge is -2.36. The molecule has 7 nitrogen and oxygen atoms in total. The van der Waals surface area contributed by atoms with Gasteiger partial charge in [-0.1, -0.05) is 89.1 Å². The summed E-state index contributed by atoms with van der Waals surface area (Å²) < 4.78 is 5.49. The molecule has 3 atom stereocenters.